The monoisotopic (exact) mass is 204 g/mol. The Morgan fingerprint density at radius 3 is 2.67 bits per heavy atom. The first-order chi connectivity index (χ1) is 7.17. The molecule has 0 saturated carbocycles. The van der Waals surface area contributed by atoms with E-state index in [4.69, 9.17) is 9.47 Å². The second kappa shape index (κ2) is 5.25. The summed E-state index contributed by atoms with van der Waals surface area (Å²) >= 11 is 0. The smallest absolute Gasteiger partial charge is 0.119 e. The maximum absolute atomic E-state index is 5.14. The lowest BCUT2D eigenvalue weighted by molar-refractivity contribution is 0.294. The van der Waals surface area contributed by atoms with Crippen molar-refractivity contribution < 1.29 is 9.47 Å². The minimum absolute atomic E-state index is 0.831. The third-order valence-electron chi connectivity index (χ3n) is 2.14. The summed E-state index contributed by atoms with van der Waals surface area (Å²) in [7, 11) is 3.29. The van der Waals surface area contributed by atoms with Crippen LogP contribution in [0.3, 0.4) is 0 Å². The summed E-state index contributed by atoms with van der Waals surface area (Å²) in [6.45, 7) is 5.87. The largest absolute Gasteiger partial charge is 0.501 e. The van der Waals surface area contributed by atoms with Crippen LogP contribution in [-0.4, -0.2) is 14.2 Å². The van der Waals surface area contributed by atoms with Crippen molar-refractivity contribution >= 4 is 5.57 Å². The van der Waals surface area contributed by atoms with Crippen LogP contribution in [0.4, 0.5) is 0 Å². The van der Waals surface area contributed by atoms with Gasteiger partial charge in [0.05, 0.1) is 20.0 Å². The van der Waals surface area contributed by atoms with E-state index in [1.807, 2.05) is 37.3 Å². The van der Waals surface area contributed by atoms with Crippen molar-refractivity contribution in [3.8, 4) is 5.75 Å². The first-order valence-electron chi connectivity index (χ1n) is 4.73. The molecule has 0 radical (unpaired) electrons. The summed E-state index contributed by atoms with van der Waals surface area (Å²) in [6, 6.07) is 7.78. The highest BCUT2D eigenvalue weighted by Crippen LogP contribution is 2.20. The molecular formula is C13H16O2. The lowest BCUT2D eigenvalue weighted by Crippen LogP contribution is -1.86. The number of allylic oxidation sites excluding steroid dienone is 3. The highest BCUT2D eigenvalue weighted by molar-refractivity contribution is 5.73. The van der Waals surface area contributed by atoms with E-state index < -0.39 is 0 Å². The summed E-state index contributed by atoms with van der Waals surface area (Å²) in [6.07, 6.45) is 1.90. The fourth-order valence-electron chi connectivity index (χ4n) is 1.21. The van der Waals surface area contributed by atoms with Gasteiger partial charge in [-0.2, -0.15) is 0 Å². The predicted molar refractivity (Wildman–Crippen MR) is 62.8 cm³/mol. The molecule has 0 aromatic heterocycles. The van der Waals surface area contributed by atoms with Gasteiger partial charge < -0.3 is 9.47 Å². The predicted octanol–water partition coefficient (Wildman–Crippen LogP) is 3.26. The molecule has 1 aromatic carbocycles. The van der Waals surface area contributed by atoms with Crippen LogP contribution in [0.1, 0.15) is 12.5 Å². The number of ether oxygens (including phenoxy) is 2. The van der Waals surface area contributed by atoms with Gasteiger partial charge in [-0.1, -0.05) is 18.7 Å². The van der Waals surface area contributed by atoms with Crippen LogP contribution in [0.25, 0.3) is 5.57 Å². The Hall–Kier alpha value is -1.70. The Labute approximate surface area is 90.8 Å². The quantitative estimate of drug-likeness (QED) is 0.553. The molecule has 0 aliphatic rings. The molecule has 2 nitrogen and oxygen atoms in total. The van der Waals surface area contributed by atoms with Gasteiger partial charge in [0, 0.05) is 0 Å². The van der Waals surface area contributed by atoms with E-state index >= 15 is 0 Å². The third kappa shape index (κ3) is 3.17. The molecule has 0 spiro atoms. The topological polar surface area (TPSA) is 18.5 Å². The summed E-state index contributed by atoms with van der Waals surface area (Å²) < 4.78 is 10.2. The molecule has 1 aromatic rings. The molecule has 0 bridgehead atoms. The van der Waals surface area contributed by atoms with Gasteiger partial charge in [-0.05, 0) is 36.3 Å². The van der Waals surface area contributed by atoms with E-state index in [-0.39, 0.29) is 0 Å². The van der Waals surface area contributed by atoms with Gasteiger partial charge in [-0.3, -0.25) is 0 Å². The highest BCUT2D eigenvalue weighted by Gasteiger charge is 1.98. The van der Waals surface area contributed by atoms with E-state index in [9.17, 15) is 0 Å². The van der Waals surface area contributed by atoms with Crippen molar-refractivity contribution in [3.63, 3.8) is 0 Å². The zero-order chi connectivity index (χ0) is 11.3. The molecule has 0 unspecified atom stereocenters. The van der Waals surface area contributed by atoms with E-state index in [0.29, 0.717) is 0 Å². The molecule has 0 heterocycles. The molecule has 0 aliphatic heterocycles. The third-order valence-corrected chi connectivity index (χ3v) is 2.14. The van der Waals surface area contributed by atoms with Gasteiger partial charge >= 0.3 is 0 Å². The number of hydrogen-bond donors (Lipinski definition) is 0. The average molecular weight is 204 g/mol. The van der Waals surface area contributed by atoms with Crippen LogP contribution >= 0.6 is 0 Å². The molecule has 0 aliphatic carbocycles. The lowest BCUT2D eigenvalue weighted by Gasteiger charge is -2.05. The van der Waals surface area contributed by atoms with Crippen molar-refractivity contribution in [1.29, 1.82) is 0 Å². The molecule has 1 rings (SSSR count). The van der Waals surface area contributed by atoms with E-state index in [1.54, 1.807) is 14.2 Å². The first-order valence-corrected chi connectivity index (χ1v) is 4.73. The SMILES string of the molecule is C=C(C=C(C)OC)c1cccc(OC)c1. The second-order valence-corrected chi connectivity index (χ2v) is 3.22. The summed E-state index contributed by atoms with van der Waals surface area (Å²) in [4.78, 5) is 0. The second-order valence-electron chi connectivity index (χ2n) is 3.22. The number of methoxy groups -OCH3 is 2. The van der Waals surface area contributed by atoms with Gasteiger partial charge in [0.1, 0.15) is 5.75 Å². The van der Waals surface area contributed by atoms with Gasteiger partial charge in [-0.25, -0.2) is 0 Å². The van der Waals surface area contributed by atoms with Crippen molar-refractivity contribution in [2.75, 3.05) is 14.2 Å². The van der Waals surface area contributed by atoms with Crippen molar-refractivity contribution in [3.05, 3.63) is 48.2 Å². The summed E-state index contributed by atoms with van der Waals surface area (Å²) in [5, 5.41) is 0. The maximum atomic E-state index is 5.14. The van der Waals surface area contributed by atoms with E-state index in [0.717, 1.165) is 22.6 Å². The zero-order valence-electron chi connectivity index (χ0n) is 9.41. The Kier molecular flexibility index (Phi) is 3.98. The van der Waals surface area contributed by atoms with Gasteiger partial charge in [0.2, 0.25) is 0 Å². The summed E-state index contributed by atoms with van der Waals surface area (Å²) in [5.74, 6) is 1.67. The van der Waals surface area contributed by atoms with Gasteiger partial charge in [-0.15, -0.1) is 0 Å². The normalized spacial score (nSPS) is 11.0. The molecule has 0 N–H and O–H groups in total. The Balaban J connectivity index is 2.91. The van der Waals surface area contributed by atoms with Crippen LogP contribution in [-0.2, 0) is 4.74 Å². The molecule has 0 amide bonds. The van der Waals surface area contributed by atoms with Crippen LogP contribution in [0.5, 0.6) is 5.75 Å². The molecule has 0 fully saturated rings. The molecule has 0 atom stereocenters. The number of rotatable bonds is 4. The van der Waals surface area contributed by atoms with Crippen LogP contribution < -0.4 is 4.74 Å². The Morgan fingerprint density at radius 1 is 1.33 bits per heavy atom. The van der Waals surface area contributed by atoms with Crippen molar-refractivity contribution in [2.24, 2.45) is 0 Å². The van der Waals surface area contributed by atoms with E-state index in [2.05, 4.69) is 6.58 Å². The van der Waals surface area contributed by atoms with Crippen molar-refractivity contribution in [1.82, 2.24) is 0 Å². The highest BCUT2D eigenvalue weighted by atomic mass is 16.5. The van der Waals surface area contributed by atoms with Crippen LogP contribution in [0, 0.1) is 0 Å². The molecule has 15 heavy (non-hydrogen) atoms. The molecule has 80 valence electrons. The zero-order valence-corrected chi connectivity index (χ0v) is 9.41. The van der Waals surface area contributed by atoms with Crippen LogP contribution in [0.2, 0.25) is 0 Å². The molecule has 2 heteroatoms. The van der Waals surface area contributed by atoms with Crippen molar-refractivity contribution in [2.45, 2.75) is 6.92 Å². The minimum atomic E-state index is 0.831. The molecule has 0 saturated heterocycles. The lowest BCUT2D eigenvalue weighted by atomic mass is 10.1. The average Bonchev–Trinajstić information content (AvgIpc) is 2.28. The Bertz CT molecular complexity index is 378. The first kappa shape index (κ1) is 11.4. The fourth-order valence-corrected chi connectivity index (χ4v) is 1.21. The van der Waals surface area contributed by atoms with Gasteiger partial charge in [0.25, 0.3) is 0 Å². The summed E-state index contributed by atoms with van der Waals surface area (Å²) in [5.41, 5.74) is 1.94. The molecular weight excluding hydrogens is 188 g/mol. The number of hydrogen-bond acceptors (Lipinski definition) is 2. The number of benzene rings is 1. The van der Waals surface area contributed by atoms with Gasteiger partial charge in [0.15, 0.2) is 0 Å². The standard InChI is InChI=1S/C13H16O2/c1-10(8-11(2)14-3)12-6-5-7-13(9-12)15-4/h5-9H,1H2,2-4H3. The van der Waals surface area contributed by atoms with E-state index in [1.165, 1.54) is 0 Å². The van der Waals surface area contributed by atoms with Crippen LogP contribution in [0.15, 0.2) is 42.7 Å². The maximum Gasteiger partial charge on any atom is 0.119 e. The Morgan fingerprint density at radius 2 is 2.07 bits per heavy atom. The minimum Gasteiger partial charge on any atom is -0.501 e. The fraction of sp³-hybridized carbons (Fsp3) is 0.231.